The monoisotopic (exact) mass is 466 g/mol. The van der Waals surface area contributed by atoms with Crippen LogP contribution in [0.2, 0.25) is 0 Å². The van der Waals surface area contributed by atoms with Gasteiger partial charge in [0, 0.05) is 22.5 Å². The van der Waals surface area contributed by atoms with Gasteiger partial charge in [0.05, 0.1) is 38.1 Å². The lowest BCUT2D eigenvalue weighted by molar-refractivity contribution is 0.0739. The predicted octanol–water partition coefficient (Wildman–Crippen LogP) is 5.70. The summed E-state index contributed by atoms with van der Waals surface area (Å²) in [6.07, 6.45) is 1.67. The van der Waals surface area contributed by atoms with Gasteiger partial charge in [-0.1, -0.05) is 36.4 Å². The molecule has 0 bridgehead atoms. The van der Waals surface area contributed by atoms with E-state index in [0.29, 0.717) is 56.2 Å². The van der Waals surface area contributed by atoms with Crippen molar-refractivity contribution < 1.29 is 23.7 Å². The molecular weight excluding hydrogens is 444 g/mol. The van der Waals surface area contributed by atoms with Crippen LogP contribution in [-0.4, -0.2) is 37.3 Å². The summed E-state index contributed by atoms with van der Waals surface area (Å²) in [5.41, 5.74) is 2.91. The first-order valence-corrected chi connectivity index (χ1v) is 10.9. The molecule has 0 atom stereocenters. The van der Waals surface area contributed by atoms with E-state index in [9.17, 15) is 4.79 Å². The van der Waals surface area contributed by atoms with E-state index < -0.39 is 5.97 Å². The van der Waals surface area contributed by atoms with Crippen LogP contribution in [0.15, 0.2) is 79.0 Å². The van der Waals surface area contributed by atoms with Crippen molar-refractivity contribution in [2.75, 3.05) is 21.3 Å². The number of esters is 1. The molecule has 5 aromatic rings. The molecule has 0 radical (unpaired) electrons. The van der Waals surface area contributed by atoms with Crippen LogP contribution in [-0.2, 0) is 0 Å². The van der Waals surface area contributed by atoms with Gasteiger partial charge >= 0.3 is 5.97 Å². The predicted molar refractivity (Wildman–Crippen MR) is 134 cm³/mol. The van der Waals surface area contributed by atoms with Gasteiger partial charge in [0.25, 0.3) is 0 Å². The lowest BCUT2D eigenvalue weighted by atomic mass is 10.0. The molecule has 0 aliphatic rings. The summed E-state index contributed by atoms with van der Waals surface area (Å²) in [7, 11) is 4.65. The van der Waals surface area contributed by atoms with Gasteiger partial charge in [0.15, 0.2) is 17.2 Å². The fourth-order valence-electron chi connectivity index (χ4n) is 4.03. The number of carbonyl (C=O) groups excluding carboxylic acids is 1. The summed E-state index contributed by atoms with van der Waals surface area (Å²) < 4.78 is 22.3. The number of ether oxygens (including phenoxy) is 4. The quantitative estimate of drug-likeness (QED) is 0.235. The maximum atomic E-state index is 13.5. The maximum absolute atomic E-state index is 13.5. The van der Waals surface area contributed by atoms with Crippen molar-refractivity contribution in [3.05, 3.63) is 84.6 Å². The van der Waals surface area contributed by atoms with Gasteiger partial charge < -0.3 is 18.9 Å². The van der Waals surface area contributed by atoms with Crippen LogP contribution in [0.5, 0.6) is 23.0 Å². The van der Waals surface area contributed by atoms with E-state index in [1.165, 1.54) is 0 Å². The Hall–Kier alpha value is -4.65. The zero-order valence-electron chi connectivity index (χ0n) is 19.4. The maximum Gasteiger partial charge on any atom is 0.344 e. The smallest absolute Gasteiger partial charge is 0.344 e. The molecule has 7 heteroatoms. The molecule has 5 rings (SSSR count). The van der Waals surface area contributed by atoms with Crippen molar-refractivity contribution in [2.45, 2.75) is 0 Å². The van der Waals surface area contributed by atoms with Crippen molar-refractivity contribution in [2.24, 2.45) is 0 Å². The minimum atomic E-state index is -0.504. The Bertz CT molecular complexity index is 1530. The normalized spacial score (nSPS) is 10.8. The van der Waals surface area contributed by atoms with E-state index in [1.807, 2.05) is 48.5 Å². The van der Waals surface area contributed by atoms with E-state index in [2.05, 4.69) is 4.98 Å². The molecule has 0 aliphatic heterocycles. The second-order valence-electron chi connectivity index (χ2n) is 7.71. The zero-order valence-corrected chi connectivity index (χ0v) is 19.4. The molecule has 2 heterocycles. The number of fused-ring (bicyclic) bond motifs is 2. The second-order valence-corrected chi connectivity index (χ2v) is 7.71. The number of benzene rings is 3. The Morgan fingerprint density at radius 1 is 0.771 bits per heavy atom. The highest BCUT2D eigenvalue weighted by atomic mass is 16.5. The lowest BCUT2D eigenvalue weighted by Crippen LogP contribution is -2.10. The summed E-state index contributed by atoms with van der Waals surface area (Å²) in [4.78, 5) is 22.6. The molecule has 7 nitrogen and oxygen atoms in total. The topological polar surface area (TPSA) is 79.8 Å². The molecule has 0 saturated carbocycles. The largest absolute Gasteiger partial charge is 0.493 e. The van der Waals surface area contributed by atoms with Crippen LogP contribution in [0.25, 0.3) is 33.1 Å². The van der Waals surface area contributed by atoms with E-state index in [0.717, 1.165) is 5.39 Å². The number of aromatic nitrogens is 2. The summed E-state index contributed by atoms with van der Waals surface area (Å²) in [6.45, 7) is 0. The Morgan fingerprint density at radius 3 is 2.26 bits per heavy atom. The molecule has 2 aromatic heterocycles. The van der Waals surface area contributed by atoms with Gasteiger partial charge in [-0.15, -0.1) is 0 Å². The lowest BCUT2D eigenvalue weighted by Gasteiger charge is -2.15. The first-order chi connectivity index (χ1) is 17.1. The molecule has 0 amide bonds. The number of nitrogens with zero attached hydrogens (tertiary/aromatic N) is 2. The minimum Gasteiger partial charge on any atom is -0.493 e. The molecule has 3 aromatic carbocycles. The van der Waals surface area contributed by atoms with Crippen LogP contribution >= 0.6 is 0 Å². The summed E-state index contributed by atoms with van der Waals surface area (Å²) in [5, 5.41) is 1.57. The molecule has 174 valence electrons. The second kappa shape index (κ2) is 9.30. The summed E-state index contributed by atoms with van der Waals surface area (Å²) in [5.74, 6) is 1.34. The number of carbonyl (C=O) groups is 1. The van der Waals surface area contributed by atoms with Crippen molar-refractivity contribution >= 4 is 27.8 Å². The molecule has 0 spiro atoms. The van der Waals surface area contributed by atoms with Crippen molar-refractivity contribution in [3.63, 3.8) is 0 Å². The van der Waals surface area contributed by atoms with Gasteiger partial charge in [0.2, 0.25) is 5.75 Å². The fraction of sp³-hybridized carbons (Fsp3) is 0.107. The number of para-hydroxylation sites is 2. The Kier molecular flexibility index (Phi) is 5.89. The van der Waals surface area contributed by atoms with Crippen LogP contribution < -0.4 is 18.9 Å². The Morgan fingerprint density at radius 2 is 1.51 bits per heavy atom. The molecule has 0 aliphatic carbocycles. The Labute approximate surface area is 201 Å². The number of hydrogen-bond donors (Lipinski definition) is 0. The van der Waals surface area contributed by atoms with Crippen LogP contribution in [0.4, 0.5) is 0 Å². The average molecular weight is 466 g/mol. The van der Waals surface area contributed by atoms with E-state index in [1.54, 1.807) is 51.8 Å². The molecule has 35 heavy (non-hydrogen) atoms. The highest BCUT2D eigenvalue weighted by Gasteiger charge is 2.20. The number of pyridine rings is 2. The van der Waals surface area contributed by atoms with Gasteiger partial charge in [-0.25, -0.2) is 9.78 Å². The van der Waals surface area contributed by atoms with Gasteiger partial charge in [0.1, 0.15) is 5.52 Å². The van der Waals surface area contributed by atoms with Crippen LogP contribution in [0.1, 0.15) is 10.4 Å². The molecule has 0 fully saturated rings. The van der Waals surface area contributed by atoms with E-state index >= 15 is 0 Å². The van der Waals surface area contributed by atoms with Crippen LogP contribution in [0, 0.1) is 0 Å². The molecular formula is C28H22N2O5. The highest BCUT2D eigenvalue weighted by molar-refractivity contribution is 6.06. The highest BCUT2D eigenvalue weighted by Crippen LogP contribution is 2.41. The van der Waals surface area contributed by atoms with Gasteiger partial charge in [-0.3, -0.25) is 4.98 Å². The molecule has 0 unspecified atom stereocenters. The number of hydrogen-bond acceptors (Lipinski definition) is 7. The summed E-state index contributed by atoms with van der Waals surface area (Å²) >= 11 is 0. The third kappa shape index (κ3) is 4.08. The van der Waals surface area contributed by atoms with Crippen LogP contribution in [0.3, 0.4) is 0 Å². The first-order valence-electron chi connectivity index (χ1n) is 10.9. The number of methoxy groups -OCH3 is 3. The Balaban J connectivity index is 1.64. The van der Waals surface area contributed by atoms with Gasteiger partial charge in [-0.05, 0) is 36.4 Å². The zero-order chi connectivity index (χ0) is 24.4. The minimum absolute atomic E-state index is 0.382. The molecule has 0 N–H and O–H groups in total. The molecule has 0 saturated heterocycles. The average Bonchev–Trinajstić information content (AvgIpc) is 2.91. The third-order valence-corrected chi connectivity index (χ3v) is 5.69. The van der Waals surface area contributed by atoms with E-state index in [4.69, 9.17) is 23.9 Å². The van der Waals surface area contributed by atoms with Crippen molar-refractivity contribution in [1.82, 2.24) is 9.97 Å². The van der Waals surface area contributed by atoms with Crippen molar-refractivity contribution in [1.29, 1.82) is 0 Å². The fourth-order valence-corrected chi connectivity index (χ4v) is 4.03. The van der Waals surface area contributed by atoms with Gasteiger partial charge in [-0.2, -0.15) is 0 Å². The standard InChI is InChI=1S/C28H22N2O5/c1-32-24-14-18(15-25(33-2)27(24)34-3)22-16-20(19-10-4-5-11-21(19)30-22)28(31)35-23-12-6-8-17-9-7-13-29-26(17)23/h4-16H,1-3H3. The number of rotatable bonds is 6. The van der Waals surface area contributed by atoms with E-state index in [-0.39, 0.29) is 0 Å². The summed E-state index contributed by atoms with van der Waals surface area (Å²) in [6, 6.07) is 22.0. The first kappa shape index (κ1) is 22.2. The van der Waals surface area contributed by atoms with Crippen molar-refractivity contribution in [3.8, 4) is 34.3 Å². The SMILES string of the molecule is COc1cc(-c2cc(C(=O)Oc3cccc4cccnc34)c3ccccc3n2)cc(OC)c1OC. The third-order valence-electron chi connectivity index (χ3n) is 5.69.